The summed E-state index contributed by atoms with van der Waals surface area (Å²) in [6, 6.07) is 11.6. The first-order chi connectivity index (χ1) is 13.1. The van der Waals surface area contributed by atoms with Crippen molar-refractivity contribution in [3.8, 4) is 5.75 Å². The number of quaternary nitrogens is 1. The van der Waals surface area contributed by atoms with Crippen LogP contribution in [0.5, 0.6) is 5.75 Å². The van der Waals surface area contributed by atoms with E-state index in [2.05, 4.69) is 0 Å². The normalized spacial score (nSPS) is 14.6. The average Bonchev–Trinajstić information content (AvgIpc) is 3.19. The molecule has 0 atom stereocenters. The molecule has 2 aromatic carbocycles. The fourth-order valence-corrected chi connectivity index (χ4v) is 3.37. The quantitative estimate of drug-likeness (QED) is 0.353. The molecule has 1 aliphatic heterocycles. The average molecular weight is 367 g/mol. The zero-order valence-corrected chi connectivity index (χ0v) is 15.3. The highest BCUT2D eigenvalue weighted by molar-refractivity contribution is 6.07. The first-order valence-corrected chi connectivity index (χ1v) is 9.04. The second-order valence-corrected chi connectivity index (χ2v) is 6.71. The molecule has 27 heavy (non-hydrogen) atoms. The molecule has 2 aromatic rings. The summed E-state index contributed by atoms with van der Waals surface area (Å²) in [5, 5.41) is 10.7. The van der Waals surface area contributed by atoms with Crippen molar-refractivity contribution in [3.05, 3.63) is 75.3 Å². The molecule has 0 bridgehead atoms. The molecule has 6 heteroatoms. The van der Waals surface area contributed by atoms with E-state index in [1.807, 2.05) is 12.1 Å². The van der Waals surface area contributed by atoms with E-state index in [0.29, 0.717) is 5.56 Å². The second kappa shape index (κ2) is 8.60. The molecular formula is C21H23N2O4+. The molecule has 0 amide bonds. The van der Waals surface area contributed by atoms with Crippen LogP contribution in [0.2, 0.25) is 0 Å². The number of benzene rings is 2. The van der Waals surface area contributed by atoms with Gasteiger partial charge < -0.3 is 9.64 Å². The summed E-state index contributed by atoms with van der Waals surface area (Å²) in [6.07, 6.45) is 5.65. The molecular weight excluding hydrogens is 344 g/mol. The summed E-state index contributed by atoms with van der Waals surface area (Å²) in [7, 11) is 1.65. The van der Waals surface area contributed by atoms with E-state index in [4.69, 9.17) is 4.74 Å². The van der Waals surface area contributed by atoms with Crippen LogP contribution in [0.3, 0.4) is 0 Å². The van der Waals surface area contributed by atoms with Crippen molar-refractivity contribution in [3.63, 3.8) is 0 Å². The molecule has 1 aliphatic rings. The number of non-ortho nitro benzene ring substituents is 1. The van der Waals surface area contributed by atoms with Crippen molar-refractivity contribution in [1.82, 2.24) is 0 Å². The lowest BCUT2D eigenvalue weighted by atomic mass is 10.0. The van der Waals surface area contributed by atoms with Crippen LogP contribution >= 0.6 is 0 Å². The van der Waals surface area contributed by atoms with Gasteiger partial charge in [0.1, 0.15) is 12.3 Å². The molecule has 0 unspecified atom stereocenters. The van der Waals surface area contributed by atoms with Gasteiger partial charge in [0.05, 0.1) is 25.1 Å². The van der Waals surface area contributed by atoms with Crippen LogP contribution in [-0.4, -0.2) is 30.9 Å². The highest BCUT2D eigenvalue weighted by Crippen LogP contribution is 2.20. The van der Waals surface area contributed by atoms with Crippen LogP contribution < -0.4 is 9.64 Å². The summed E-state index contributed by atoms with van der Waals surface area (Å²) in [4.78, 5) is 24.3. The predicted molar refractivity (Wildman–Crippen MR) is 103 cm³/mol. The van der Waals surface area contributed by atoms with Gasteiger partial charge in [-0.25, -0.2) is 0 Å². The Morgan fingerprint density at radius 3 is 2.52 bits per heavy atom. The van der Waals surface area contributed by atoms with Crippen molar-refractivity contribution in [2.24, 2.45) is 0 Å². The highest BCUT2D eigenvalue weighted by atomic mass is 16.6. The molecule has 1 saturated heterocycles. The van der Waals surface area contributed by atoms with Gasteiger partial charge >= 0.3 is 0 Å². The topological polar surface area (TPSA) is 73.9 Å². The van der Waals surface area contributed by atoms with E-state index in [1.54, 1.807) is 31.4 Å². The zero-order valence-electron chi connectivity index (χ0n) is 15.3. The Morgan fingerprint density at radius 2 is 1.89 bits per heavy atom. The summed E-state index contributed by atoms with van der Waals surface area (Å²) in [5.74, 6) is 0.707. The minimum Gasteiger partial charge on any atom is -0.496 e. The van der Waals surface area contributed by atoms with E-state index >= 15 is 0 Å². The third-order valence-electron chi connectivity index (χ3n) is 4.85. The highest BCUT2D eigenvalue weighted by Gasteiger charge is 2.18. The monoisotopic (exact) mass is 367 g/mol. The number of carbonyl (C=O) groups is 1. The lowest BCUT2D eigenvalue weighted by Gasteiger charge is -2.15. The number of allylic oxidation sites excluding steroid dienone is 1. The van der Waals surface area contributed by atoms with E-state index in [0.717, 1.165) is 36.5 Å². The van der Waals surface area contributed by atoms with Crippen molar-refractivity contribution in [2.45, 2.75) is 19.4 Å². The Kier molecular flexibility index (Phi) is 5.98. The van der Waals surface area contributed by atoms with Crippen LogP contribution in [0.4, 0.5) is 5.69 Å². The summed E-state index contributed by atoms with van der Waals surface area (Å²) >= 11 is 0. The molecule has 0 spiro atoms. The van der Waals surface area contributed by atoms with Gasteiger partial charge in [-0.05, 0) is 42.0 Å². The lowest BCUT2D eigenvalue weighted by molar-refractivity contribution is -0.901. The van der Waals surface area contributed by atoms with Gasteiger partial charge in [0.25, 0.3) is 5.69 Å². The maximum atomic E-state index is 12.5. The number of ether oxygens (including phenoxy) is 1. The Labute approximate surface area is 158 Å². The minimum atomic E-state index is -0.445. The smallest absolute Gasteiger partial charge is 0.269 e. The minimum absolute atomic E-state index is 0.0303. The third-order valence-corrected chi connectivity index (χ3v) is 4.85. The van der Waals surface area contributed by atoms with Gasteiger partial charge in [0, 0.05) is 36.1 Å². The van der Waals surface area contributed by atoms with Crippen LogP contribution in [0.1, 0.15) is 34.3 Å². The van der Waals surface area contributed by atoms with Gasteiger partial charge in [0.15, 0.2) is 5.78 Å². The van der Waals surface area contributed by atoms with Gasteiger partial charge in [-0.3, -0.25) is 14.9 Å². The number of nitro benzene ring substituents is 1. The molecule has 1 fully saturated rings. The first kappa shape index (κ1) is 18.8. The van der Waals surface area contributed by atoms with Gasteiger partial charge in [-0.15, -0.1) is 0 Å². The molecule has 1 heterocycles. The number of hydrogen-bond donors (Lipinski definition) is 1. The van der Waals surface area contributed by atoms with Crippen LogP contribution in [0.25, 0.3) is 6.08 Å². The van der Waals surface area contributed by atoms with Gasteiger partial charge in [0.2, 0.25) is 0 Å². The molecule has 140 valence electrons. The number of nitro groups is 1. The Hall–Kier alpha value is -2.99. The number of nitrogens with one attached hydrogen (secondary N) is 1. The zero-order chi connectivity index (χ0) is 19.2. The van der Waals surface area contributed by atoms with Crippen LogP contribution in [0, 0.1) is 10.1 Å². The van der Waals surface area contributed by atoms with E-state index in [1.165, 1.54) is 36.0 Å². The SMILES string of the molecule is COc1ccc(C(=O)/C=C/c2ccc([N+](=O)[O-])cc2)cc1C[NH+]1CCCC1. The molecule has 0 aromatic heterocycles. The molecule has 3 rings (SSSR count). The van der Waals surface area contributed by atoms with E-state index in [9.17, 15) is 14.9 Å². The maximum Gasteiger partial charge on any atom is 0.269 e. The van der Waals surface area contributed by atoms with Gasteiger partial charge in [-0.1, -0.05) is 6.08 Å². The fourth-order valence-electron chi connectivity index (χ4n) is 3.37. The van der Waals surface area contributed by atoms with E-state index < -0.39 is 4.92 Å². The Morgan fingerprint density at radius 1 is 1.19 bits per heavy atom. The van der Waals surface area contributed by atoms with Gasteiger partial charge in [-0.2, -0.15) is 0 Å². The maximum absolute atomic E-state index is 12.5. The number of carbonyl (C=O) groups excluding carboxylic acids is 1. The van der Waals surface area contributed by atoms with Crippen molar-refractivity contribution in [1.29, 1.82) is 0 Å². The number of hydrogen-bond acceptors (Lipinski definition) is 4. The predicted octanol–water partition coefficient (Wildman–Crippen LogP) is 2.68. The first-order valence-electron chi connectivity index (χ1n) is 9.04. The molecule has 6 nitrogen and oxygen atoms in total. The van der Waals surface area contributed by atoms with Crippen LogP contribution in [-0.2, 0) is 6.54 Å². The summed E-state index contributed by atoms with van der Waals surface area (Å²) < 4.78 is 5.45. The summed E-state index contributed by atoms with van der Waals surface area (Å²) in [6.45, 7) is 3.17. The second-order valence-electron chi connectivity index (χ2n) is 6.71. The Bertz CT molecular complexity index is 853. The molecule has 0 radical (unpaired) electrons. The lowest BCUT2D eigenvalue weighted by Crippen LogP contribution is -3.08. The molecule has 0 saturated carbocycles. The number of methoxy groups -OCH3 is 1. The number of nitrogens with zero attached hydrogens (tertiary/aromatic N) is 1. The molecule has 0 aliphatic carbocycles. The standard InChI is InChI=1S/C21H22N2O4/c1-27-21-11-7-17(14-18(21)15-22-12-2-3-13-22)20(24)10-6-16-4-8-19(9-5-16)23(25)26/h4-11,14H,2-3,12-13,15H2,1H3/p+1/b10-6+. The van der Waals surface area contributed by atoms with Crippen molar-refractivity contribution in [2.75, 3.05) is 20.2 Å². The number of rotatable bonds is 7. The largest absolute Gasteiger partial charge is 0.496 e. The molecule has 1 N–H and O–H groups in total. The van der Waals surface area contributed by atoms with Crippen molar-refractivity contribution >= 4 is 17.5 Å². The van der Waals surface area contributed by atoms with Crippen molar-refractivity contribution < 1.29 is 19.4 Å². The summed E-state index contributed by atoms with van der Waals surface area (Å²) in [5.41, 5.74) is 2.43. The number of likely N-dealkylation sites (tertiary alicyclic amines) is 1. The van der Waals surface area contributed by atoms with E-state index in [-0.39, 0.29) is 11.5 Å². The Balaban J connectivity index is 1.74. The third kappa shape index (κ3) is 4.80. The number of ketones is 1. The van der Waals surface area contributed by atoms with Crippen LogP contribution in [0.15, 0.2) is 48.5 Å². The fraction of sp³-hybridized carbons (Fsp3) is 0.286.